The SMILES string of the molecule is Cn1nc(C2=CC(O)c3ccccc32)c(Cl)c1C(=O)O. The summed E-state index contributed by atoms with van der Waals surface area (Å²) in [5, 5.41) is 23.4. The van der Waals surface area contributed by atoms with Gasteiger partial charge in [-0.15, -0.1) is 0 Å². The number of fused-ring (bicyclic) bond motifs is 1. The van der Waals surface area contributed by atoms with Crippen LogP contribution in [0.2, 0.25) is 5.02 Å². The zero-order chi connectivity index (χ0) is 14.4. The first-order chi connectivity index (χ1) is 9.50. The number of hydrogen-bond acceptors (Lipinski definition) is 3. The van der Waals surface area contributed by atoms with E-state index in [1.54, 1.807) is 6.08 Å². The summed E-state index contributed by atoms with van der Waals surface area (Å²) < 4.78 is 1.23. The lowest BCUT2D eigenvalue weighted by molar-refractivity contribution is 0.0685. The lowest BCUT2D eigenvalue weighted by Gasteiger charge is -2.04. The minimum Gasteiger partial charge on any atom is -0.476 e. The molecule has 1 atom stereocenters. The van der Waals surface area contributed by atoms with Crippen molar-refractivity contribution in [2.45, 2.75) is 6.10 Å². The second kappa shape index (κ2) is 4.47. The number of halogens is 1. The molecule has 1 aliphatic rings. The third kappa shape index (κ3) is 1.75. The molecule has 5 nitrogen and oxygen atoms in total. The van der Waals surface area contributed by atoms with Gasteiger partial charge in [-0.05, 0) is 17.2 Å². The van der Waals surface area contributed by atoms with E-state index >= 15 is 0 Å². The Hall–Kier alpha value is -2.11. The standard InChI is InChI=1S/C14H11ClN2O3/c1-17-13(14(19)20)11(15)12(16-17)9-6-10(18)8-5-3-2-4-7(8)9/h2-6,10,18H,1H3,(H,19,20). The first-order valence-electron chi connectivity index (χ1n) is 5.96. The van der Waals surface area contributed by atoms with E-state index in [-0.39, 0.29) is 10.7 Å². The normalized spacial score (nSPS) is 16.9. The summed E-state index contributed by atoms with van der Waals surface area (Å²) in [6.45, 7) is 0. The Balaban J connectivity index is 2.19. The summed E-state index contributed by atoms with van der Waals surface area (Å²) in [4.78, 5) is 11.2. The molecule has 0 spiro atoms. The van der Waals surface area contributed by atoms with E-state index in [4.69, 9.17) is 16.7 Å². The number of benzene rings is 1. The predicted molar refractivity (Wildman–Crippen MR) is 73.7 cm³/mol. The highest BCUT2D eigenvalue weighted by Crippen LogP contribution is 2.40. The number of hydrogen-bond donors (Lipinski definition) is 2. The first kappa shape index (κ1) is 12.9. The molecule has 1 aromatic heterocycles. The molecule has 0 fully saturated rings. The number of aryl methyl sites for hydroxylation is 1. The number of aromatic carboxylic acids is 1. The van der Waals surface area contributed by atoms with Crippen molar-refractivity contribution in [1.82, 2.24) is 9.78 Å². The molecule has 1 unspecified atom stereocenters. The monoisotopic (exact) mass is 290 g/mol. The van der Waals surface area contributed by atoms with Gasteiger partial charge in [-0.25, -0.2) is 4.79 Å². The number of nitrogens with zero attached hydrogens (tertiary/aromatic N) is 2. The Labute approximate surface area is 119 Å². The number of aliphatic hydroxyl groups is 1. The van der Waals surface area contributed by atoms with Crippen LogP contribution in [0, 0.1) is 0 Å². The van der Waals surface area contributed by atoms with E-state index < -0.39 is 12.1 Å². The van der Waals surface area contributed by atoms with Crippen LogP contribution in [0.1, 0.15) is 33.4 Å². The Kier molecular flexibility index (Phi) is 2.88. The quantitative estimate of drug-likeness (QED) is 0.889. The fraction of sp³-hybridized carbons (Fsp3) is 0.143. The van der Waals surface area contributed by atoms with Gasteiger partial charge in [-0.3, -0.25) is 4.68 Å². The van der Waals surface area contributed by atoms with Crippen molar-refractivity contribution < 1.29 is 15.0 Å². The van der Waals surface area contributed by atoms with Crippen LogP contribution in [-0.2, 0) is 7.05 Å². The maximum Gasteiger partial charge on any atom is 0.355 e. The summed E-state index contributed by atoms with van der Waals surface area (Å²) in [7, 11) is 1.52. The van der Waals surface area contributed by atoms with Gasteiger partial charge >= 0.3 is 5.97 Å². The van der Waals surface area contributed by atoms with Gasteiger partial charge in [-0.1, -0.05) is 35.9 Å². The van der Waals surface area contributed by atoms with E-state index in [0.717, 1.165) is 11.1 Å². The predicted octanol–water partition coefficient (Wildman–Crippen LogP) is 2.25. The molecule has 0 amide bonds. The van der Waals surface area contributed by atoms with Crippen LogP contribution < -0.4 is 0 Å². The molecule has 3 rings (SSSR count). The smallest absolute Gasteiger partial charge is 0.355 e. The highest BCUT2D eigenvalue weighted by molar-refractivity contribution is 6.35. The average molecular weight is 291 g/mol. The summed E-state index contributed by atoms with van der Waals surface area (Å²) in [6.07, 6.45) is 0.900. The van der Waals surface area contributed by atoms with Crippen molar-refractivity contribution in [3.8, 4) is 0 Å². The zero-order valence-electron chi connectivity index (χ0n) is 10.5. The number of carbonyl (C=O) groups is 1. The first-order valence-corrected chi connectivity index (χ1v) is 6.34. The maximum absolute atomic E-state index is 11.2. The molecule has 2 N–H and O–H groups in total. The highest BCUT2D eigenvalue weighted by atomic mass is 35.5. The lowest BCUT2D eigenvalue weighted by atomic mass is 10.0. The molecule has 0 radical (unpaired) electrons. The van der Waals surface area contributed by atoms with Gasteiger partial charge in [0.05, 0.1) is 6.10 Å². The van der Waals surface area contributed by atoms with Crippen molar-refractivity contribution in [2.75, 3.05) is 0 Å². The number of rotatable bonds is 2. The van der Waals surface area contributed by atoms with E-state index in [0.29, 0.717) is 11.3 Å². The Morgan fingerprint density at radius 1 is 1.40 bits per heavy atom. The van der Waals surface area contributed by atoms with Crippen LogP contribution >= 0.6 is 11.6 Å². The van der Waals surface area contributed by atoms with Gasteiger partial charge in [0.1, 0.15) is 10.7 Å². The molecule has 2 aromatic rings. The lowest BCUT2D eigenvalue weighted by Crippen LogP contribution is -2.05. The number of aliphatic hydroxyl groups excluding tert-OH is 1. The average Bonchev–Trinajstić information content (AvgIpc) is 2.88. The third-order valence-electron chi connectivity index (χ3n) is 3.34. The number of carboxylic acids is 1. The highest BCUT2D eigenvalue weighted by Gasteiger charge is 2.28. The maximum atomic E-state index is 11.2. The number of aromatic nitrogens is 2. The van der Waals surface area contributed by atoms with Crippen molar-refractivity contribution in [1.29, 1.82) is 0 Å². The van der Waals surface area contributed by atoms with Crippen molar-refractivity contribution >= 4 is 23.1 Å². The number of carboxylic acid groups (broad SMARTS) is 1. The summed E-state index contributed by atoms with van der Waals surface area (Å²) in [5.41, 5.74) is 2.54. The molecule has 102 valence electrons. The molecular formula is C14H11ClN2O3. The molecule has 0 bridgehead atoms. The van der Waals surface area contributed by atoms with Crippen LogP contribution in [0.15, 0.2) is 30.3 Å². The van der Waals surface area contributed by atoms with Gasteiger partial charge in [0, 0.05) is 12.6 Å². The van der Waals surface area contributed by atoms with Gasteiger partial charge in [-0.2, -0.15) is 5.10 Å². The van der Waals surface area contributed by atoms with Gasteiger partial charge < -0.3 is 10.2 Å². The van der Waals surface area contributed by atoms with Crippen LogP contribution in [-0.4, -0.2) is 26.0 Å². The molecule has 20 heavy (non-hydrogen) atoms. The van der Waals surface area contributed by atoms with Crippen molar-refractivity contribution in [3.05, 3.63) is 57.9 Å². The molecule has 6 heteroatoms. The van der Waals surface area contributed by atoms with E-state index in [9.17, 15) is 9.90 Å². The minimum absolute atomic E-state index is 0.0681. The minimum atomic E-state index is -1.14. The molecule has 1 aliphatic carbocycles. The van der Waals surface area contributed by atoms with Crippen LogP contribution in [0.25, 0.3) is 5.57 Å². The second-order valence-corrected chi connectivity index (χ2v) is 4.93. The molecule has 0 saturated heterocycles. The van der Waals surface area contributed by atoms with Gasteiger partial charge in [0.25, 0.3) is 0 Å². The van der Waals surface area contributed by atoms with Crippen molar-refractivity contribution in [3.63, 3.8) is 0 Å². The summed E-state index contributed by atoms with van der Waals surface area (Å²) in [6, 6.07) is 7.35. The molecular weight excluding hydrogens is 280 g/mol. The fourth-order valence-electron chi connectivity index (χ4n) is 2.45. The molecule has 1 aromatic carbocycles. The van der Waals surface area contributed by atoms with E-state index in [2.05, 4.69) is 5.10 Å². The Morgan fingerprint density at radius 2 is 2.10 bits per heavy atom. The van der Waals surface area contributed by atoms with E-state index in [1.165, 1.54) is 11.7 Å². The van der Waals surface area contributed by atoms with Crippen LogP contribution in [0.3, 0.4) is 0 Å². The van der Waals surface area contributed by atoms with Gasteiger partial charge in [0.2, 0.25) is 0 Å². The van der Waals surface area contributed by atoms with Crippen LogP contribution in [0.5, 0.6) is 0 Å². The van der Waals surface area contributed by atoms with E-state index in [1.807, 2.05) is 24.3 Å². The molecule has 0 saturated carbocycles. The largest absolute Gasteiger partial charge is 0.476 e. The Morgan fingerprint density at radius 3 is 2.75 bits per heavy atom. The zero-order valence-corrected chi connectivity index (χ0v) is 11.3. The third-order valence-corrected chi connectivity index (χ3v) is 3.70. The Bertz CT molecular complexity index is 749. The summed E-state index contributed by atoms with van der Waals surface area (Å²) in [5.74, 6) is -1.14. The van der Waals surface area contributed by atoms with Crippen LogP contribution in [0.4, 0.5) is 0 Å². The van der Waals surface area contributed by atoms with Crippen molar-refractivity contribution in [2.24, 2.45) is 7.05 Å². The summed E-state index contributed by atoms with van der Waals surface area (Å²) >= 11 is 6.13. The topological polar surface area (TPSA) is 75.3 Å². The molecule has 0 aliphatic heterocycles. The second-order valence-electron chi connectivity index (χ2n) is 4.55. The van der Waals surface area contributed by atoms with Gasteiger partial charge in [0.15, 0.2) is 5.69 Å². The fourth-order valence-corrected chi connectivity index (χ4v) is 2.79. The molecule has 1 heterocycles.